The van der Waals surface area contributed by atoms with E-state index in [4.69, 9.17) is 21.3 Å². The first-order valence-electron chi connectivity index (χ1n) is 12.2. The molecule has 0 spiro atoms. The van der Waals surface area contributed by atoms with Crippen LogP contribution >= 0.6 is 0 Å². The number of likely N-dealkylation sites (tertiary alicyclic amines) is 1. The molecular weight excluding hydrogens is 458 g/mol. The van der Waals surface area contributed by atoms with Gasteiger partial charge in [-0.1, -0.05) is 12.8 Å². The number of carbonyl (C=O) groups is 2. The summed E-state index contributed by atoms with van der Waals surface area (Å²) < 4.78 is 31.6. The Morgan fingerprint density at radius 1 is 1.17 bits per heavy atom. The number of ether oxygens (including phenoxy) is 1. The lowest BCUT2D eigenvalue weighted by molar-refractivity contribution is -0.139. The third-order valence-corrected chi connectivity index (χ3v) is 6.34. The fourth-order valence-corrected chi connectivity index (χ4v) is 4.19. The second kappa shape index (κ2) is 13.4. The number of primary amides is 1. The molecule has 10 heteroatoms. The fraction of sp³-hybridized carbons (Fsp3) is 0.640. The Bertz CT molecular complexity index is 875. The van der Waals surface area contributed by atoms with Crippen LogP contribution in [-0.4, -0.2) is 59.5 Å². The first kappa shape index (κ1) is 28.5. The fourth-order valence-electron chi connectivity index (χ4n) is 4.19. The molecule has 1 aliphatic carbocycles. The summed E-state index contributed by atoms with van der Waals surface area (Å²) in [4.78, 5) is 27.5. The summed E-state index contributed by atoms with van der Waals surface area (Å²) in [5.74, 6) is -4.46. The summed E-state index contributed by atoms with van der Waals surface area (Å²) in [5.41, 5.74) is 12.2. The van der Waals surface area contributed by atoms with E-state index in [2.05, 4.69) is 4.99 Å². The number of nitrogens with zero attached hydrogens (tertiary/aromatic N) is 2. The third-order valence-electron chi connectivity index (χ3n) is 6.34. The Morgan fingerprint density at radius 3 is 2.29 bits per heavy atom. The number of hydrogen-bond acceptors (Lipinski definition) is 4. The second-order valence-electron chi connectivity index (χ2n) is 9.36. The zero-order chi connectivity index (χ0) is 26.0. The number of nitrogens with two attached hydrogens (primary N) is 2. The van der Waals surface area contributed by atoms with Crippen LogP contribution in [0.3, 0.4) is 0 Å². The zero-order valence-electron chi connectivity index (χ0n) is 20.6. The number of piperidine rings is 1. The monoisotopic (exact) mass is 496 g/mol. The number of alkyl halides is 2. The molecule has 0 radical (unpaired) electrons. The highest BCUT2D eigenvalue weighted by Crippen LogP contribution is 2.23. The smallest absolute Gasteiger partial charge is 0.324 e. The van der Waals surface area contributed by atoms with Gasteiger partial charge in [-0.05, 0) is 75.1 Å². The van der Waals surface area contributed by atoms with Crippen molar-refractivity contribution in [2.24, 2.45) is 22.4 Å². The quantitative estimate of drug-likeness (QED) is 0.301. The molecule has 5 N–H and O–H groups in total. The van der Waals surface area contributed by atoms with Gasteiger partial charge in [-0.15, -0.1) is 0 Å². The van der Waals surface area contributed by atoms with E-state index in [1.807, 2.05) is 6.92 Å². The molecule has 0 unspecified atom stereocenters. The topological polar surface area (TPSA) is 131 Å². The van der Waals surface area contributed by atoms with Crippen LogP contribution in [0.4, 0.5) is 8.78 Å². The Hall–Kier alpha value is -2.75. The van der Waals surface area contributed by atoms with Gasteiger partial charge in [0.25, 0.3) is 0 Å². The average molecular weight is 497 g/mol. The van der Waals surface area contributed by atoms with Gasteiger partial charge >= 0.3 is 11.8 Å². The molecule has 0 atom stereocenters. The zero-order valence-corrected chi connectivity index (χ0v) is 20.6. The lowest BCUT2D eigenvalue weighted by Crippen LogP contribution is -2.44. The first-order valence-corrected chi connectivity index (χ1v) is 12.2. The van der Waals surface area contributed by atoms with Crippen molar-refractivity contribution in [3.05, 3.63) is 29.3 Å². The van der Waals surface area contributed by atoms with E-state index >= 15 is 0 Å². The number of halogens is 2. The minimum atomic E-state index is -3.51. The molecule has 1 saturated carbocycles. The van der Waals surface area contributed by atoms with E-state index in [0.717, 1.165) is 44.1 Å². The highest BCUT2D eigenvalue weighted by atomic mass is 19.3. The molecule has 2 fully saturated rings. The molecule has 1 saturated heterocycles. The van der Waals surface area contributed by atoms with Crippen LogP contribution in [-0.2, 0) is 4.79 Å². The Kier molecular flexibility index (Phi) is 10.9. The van der Waals surface area contributed by atoms with Crippen molar-refractivity contribution < 1.29 is 28.2 Å². The van der Waals surface area contributed by atoms with E-state index in [1.54, 1.807) is 23.1 Å². The lowest BCUT2D eigenvalue weighted by Gasteiger charge is -2.32. The van der Waals surface area contributed by atoms with Crippen molar-refractivity contribution in [3.63, 3.8) is 0 Å². The number of aliphatic imine (C=N–C) groups is 1. The van der Waals surface area contributed by atoms with Crippen molar-refractivity contribution in [1.82, 2.24) is 4.90 Å². The van der Waals surface area contributed by atoms with Crippen molar-refractivity contribution >= 4 is 17.8 Å². The summed E-state index contributed by atoms with van der Waals surface area (Å²) in [6, 6.07) is 5.18. The van der Waals surface area contributed by atoms with Gasteiger partial charge < -0.3 is 26.2 Å². The highest BCUT2D eigenvalue weighted by molar-refractivity contribution is 5.95. The van der Waals surface area contributed by atoms with Gasteiger partial charge in [0.1, 0.15) is 5.75 Å². The molecule has 2 amide bonds. The molecule has 35 heavy (non-hydrogen) atoms. The number of amides is 2. The molecule has 3 rings (SSSR count). The maximum absolute atomic E-state index is 12.9. The van der Waals surface area contributed by atoms with Gasteiger partial charge in [0, 0.05) is 25.6 Å². The highest BCUT2D eigenvalue weighted by Gasteiger charge is 2.33. The second-order valence-corrected chi connectivity index (χ2v) is 9.36. The Labute approximate surface area is 205 Å². The van der Waals surface area contributed by atoms with Gasteiger partial charge in [0.15, 0.2) is 5.96 Å². The standard InChI is InChI=1S/C20H28F2N4O3.C5H10O/c1-13-12-15(5-6-16(13)17(23)27)29-11-3-4-14-7-9-26(10-8-14)19(24)25-18(28)20(2,21)22;6-5-3-1-2-4-5/h5-6,12,14H,3-4,7-11H2,1-2H3,(H2,23,27)(H2,24,25,28);5-6H,1-4H2. The Balaban J connectivity index is 0.000000625. The number of aryl methyl sites for hydroxylation is 1. The van der Waals surface area contributed by atoms with Crippen LogP contribution in [0.15, 0.2) is 23.2 Å². The summed E-state index contributed by atoms with van der Waals surface area (Å²) in [5, 5.41) is 8.73. The number of rotatable bonds is 7. The van der Waals surface area contributed by atoms with E-state index in [1.165, 1.54) is 12.8 Å². The van der Waals surface area contributed by atoms with Gasteiger partial charge in [0.05, 0.1) is 12.7 Å². The molecule has 1 aromatic carbocycles. The largest absolute Gasteiger partial charge is 0.494 e. The van der Waals surface area contributed by atoms with E-state index in [-0.39, 0.29) is 12.1 Å². The van der Waals surface area contributed by atoms with Crippen LogP contribution in [0.2, 0.25) is 0 Å². The van der Waals surface area contributed by atoms with Crippen LogP contribution in [0.1, 0.15) is 74.2 Å². The van der Waals surface area contributed by atoms with Gasteiger partial charge in [-0.3, -0.25) is 9.59 Å². The Morgan fingerprint density at radius 2 is 1.80 bits per heavy atom. The SMILES string of the molecule is Cc1cc(OCCCC2CCN(C(N)=NC(=O)C(C)(F)F)CC2)ccc1C(N)=O.OC1CCCC1. The van der Waals surface area contributed by atoms with Crippen LogP contribution < -0.4 is 16.2 Å². The summed E-state index contributed by atoms with van der Waals surface area (Å²) in [7, 11) is 0. The number of guanidine groups is 1. The predicted molar refractivity (Wildman–Crippen MR) is 130 cm³/mol. The minimum Gasteiger partial charge on any atom is -0.494 e. The maximum atomic E-state index is 12.9. The molecule has 1 heterocycles. The summed E-state index contributed by atoms with van der Waals surface area (Å²) in [6.45, 7) is 4.03. The van der Waals surface area contributed by atoms with E-state index < -0.39 is 17.7 Å². The number of aliphatic hydroxyl groups excluding tert-OH is 1. The van der Waals surface area contributed by atoms with Crippen LogP contribution in [0.25, 0.3) is 0 Å². The van der Waals surface area contributed by atoms with Crippen molar-refractivity contribution in [2.75, 3.05) is 19.7 Å². The lowest BCUT2D eigenvalue weighted by atomic mass is 9.92. The van der Waals surface area contributed by atoms with Crippen LogP contribution in [0.5, 0.6) is 5.75 Å². The van der Waals surface area contributed by atoms with E-state index in [9.17, 15) is 18.4 Å². The number of aliphatic hydroxyl groups is 1. The first-order chi connectivity index (χ1) is 16.5. The molecule has 1 aromatic rings. The number of benzene rings is 1. The van der Waals surface area contributed by atoms with Crippen LogP contribution in [0, 0.1) is 12.8 Å². The molecule has 1 aliphatic heterocycles. The third kappa shape index (κ3) is 9.79. The molecular formula is C25H38F2N4O4. The summed E-state index contributed by atoms with van der Waals surface area (Å²) >= 11 is 0. The molecule has 8 nitrogen and oxygen atoms in total. The maximum Gasteiger partial charge on any atom is 0.324 e. The van der Waals surface area contributed by atoms with Crippen molar-refractivity contribution in [3.8, 4) is 5.75 Å². The minimum absolute atomic E-state index is 0.0463. The van der Waals surface area contributed by atoms with Crippen molar-refractivity contribution in [1.29, 1.82) is 0 Å². The predicted octanol–water partition coefficient (Wildman–Crippen LogP) is 3.38. The van der Waals surface area contributed by atoms with Gasteiger partial charge in [0.2, 0.25) is 5.91 Å². The summed E-state index contributed by atoms with van der Waals surface area (Å²) in [6.07, 6.45) is 8.13. The number of carbonyl (C=O) groups excluding carboxylic acids is 2. The van der Waals surface area contributed by atoms with Gasteiger partial charge in [-0.25, -0.2) is 0 Å². The molecule has 196 valence electrons. The van der Waals surface area contributed by atoms with Crippen molar-refractivity contribution in [2.45, 2.75) is 77.2 Å². The number of hydrogen-bond donors (Lipinski definition) is 3. The molecule has 0 bridgehead atoms. The molecule has 0 aromatic heterocycles. The van der Waals surface area contributed by atoms with Gasteiger partial charge in [-0.2, -0.15) is 13.8 Å². The normalized spacial score (nSPS) is 17.6. The van der Waals surface area contributed by atoms with E-state index in [0.29, 0.717) is 43.9 Å². The average Bonchev–Trinajstić information content (AvgIpc) is 3.27. The molecule has 2 aliphatic rings.